The van der Waals surface area contributed by atoms with Gasteiger partial charge < -0.3 is 33.7 Å². The number of ether oxygens (including phenoxy) is 5. The van der Waals surface area contributed by atoms with Crippen LogP contribution in [0.2, 0.25) is 0 Å². The van der Waals surface area contributed by atoms with Gasteiger partial charge in [-0.15, -0.1) is 13.2 Å². The van der Waals surface area contributed by atoms with Crippen molar-refractivity contribution in [1.29, 1.82) is 0 Å². The van der Waals surface area contributed by atoms with Crippen molar-refractivity contribution in [2.45, 2.75) is 24.3 Å². The molecule has 2 aromatic heterocycles. The Bertz CT molecular complexity index is 1610. The minimum Gasteiger partial charge on any atom is -0.494 e. The van der Waals surface area contributed by atoms with Gasteiger partial charge in [0.25, 0.3) is 0 Å². The van der Waals surface area contributed by atoms with Crippen molar-refractivity contribution in [3.8, 4) is 40.3 Å². The molecule has 246 valence electrons. The number of aliphatic hydroxyl groups is 1. The van der Waals surface area contributed by atoms with Gasteiger partial charge in [-0.3, -0.25) is 0 Å². The van der Waals surface area contributed by atoms with Crippen LogP contribution in [0.1, 0.15) is 29.0 Å². The summed E-state index contributed by atoms with van der Waals surface area (Å²) in [6.07, 6.45) is -3.30. The lowest BCUT2D eigenvalue weighted by Gasteiger charge is -2.39. The van der Waals surface area contributed by atoms with E-state index in [0.717, 1.165) is 0 Å². The Hall–Kier alpha value is -4.62. The van der Waals surface area contributed by atoms with Crippen molar-refractivity contribution >= 4 is 0 Å². The average molecular weight is 646 g/mol. The third kappa shape index (κ3) is 7.60. The van der Waals surface area contributed by atoms with E-state index in [1.54, 1.807) is 24.3 Å². The first-order valence-corrected chi connectivity index (χ1v) is 14.0. The molecular formula is C33H35F4N3O6. The van der Waals surface area contributed by atoms with Crippen LogP contribution in [-0.4, -0.2) is 75.4 Å². The van der Waals surface area contributed by atoms with Crippen LogP contribution >= 0.6 is 0 Å². The molecule has 0 amide bonds. The first-order valence-electron chi connectivity index (χ1n) is 14.0. The minimum atomic E-state index is -4.85. The van der Waals surface area contributed by atoms with E-state index in [-0.39, 0.29) is 35.4 Å². The predicted octanol–water partition coefficient (Wildman–Crippen LogP) is 6.19. The molecule has 46 heavy (non-hydrogen) atoms. The number of rotatable bonds is 13. The van der Waals surface area contributed by atoms with Crippen LogP contribution in [0.15, 0.2) is 66.9 Å². The van der Waals surface area contributed by atoms with Crippen LogP contribution in [0.3, 0.4) is 0 Å². The molecule has 0 aliphatic carbocycles. The summed E-state index contributed by atoms with van der Waals surface area (Å²) in [4.78, 5) is 10.6. The maximum atomic E-state index is 16.3. The average Bonchev–Trinajstić information content (AvgIpc) is 3.04. The normalized spacial score (nSPS) is 13.6. The van der Waals surface area contributed by atoms with E-state index in [1.165, 1.54) is 71.0 Å². The number of benzene rings is 2. The molecule has 0 aliphatic rings. The molecule has 0 aliphatic heterocycles. The number of hydrogen-bond acceptors (Lipinski definition) is 9. The van der Waals surface area contributed by atoms with E-state index in [1.807, 2.05) is 19.0 Å². The SMILES string of the molecule is COc1cc([C@@](O)(CCN(C)C)[C@H](c2cc(-c3ccc(OC(F)(F)F)cc3)cnc2OC)c2cccc(OC)c2F)cc(OC)n1. The molecule has 4 aromatic rings. The minimum absolute atomic E-state index is 0.0503. The van der Waals surface area contributed by atoms with Crippen LogP contribution in [-0.2, 0) is 5.60 Å². The molecule has 0 spiro atoms. The van der Waals surface area contributed by atoms with Gasteiger partial charge in [0, 0.05) is 41.6 Å². The second-order valence-electron chi connectivity index (χ2n) is 10.6. The van der Waals surface area contributed by atoms with Crippen molar-refractivity contribution in [3.63, 3.8) is 0 Å². The van der Waals surface area contributed by atoms with Gasteiger partial charge in [0.15, 0.2) is 11.6 Å². The highest BCUT2D eigenvalue weighted by Gasteiger charge is 2.44. The lowest BCUT2D eigenvalue weighted by Crippen LogP contribution is -2.38. The summed E-state index contributed by atoms with van der Waals surface area (Å²) in [7, 11) is 9.25. The van der Waals surface area contributed by atoms with Crippen molar-refractivity contribution < 1.29 is 46.4 Å². The Kier molecular flexibility index (Phi) is 10.6. The van der Waals surface area contributed by atoms with E-state index in [2.05, 4.69) is 14.7 Å². The summed E-state index contributed by atoms with van der Waals surface area (Å²) in [5.41, 5.74) is -0.257. The molecule has 1 N–H and O–H groups in total. The molecular weight excluding hydrogens is 610 g/mol. The zero-order valence-corrected chi connectivity index (χ0v) is 26.2. The number of pyridine rings is 2. The Morgan fingerprint density at radius 1 is 0.826 bits per heavy atom. The van der Waals surface area contributed by atoms with Gasteiger partial charge in [-0.2, -0.15) is 4.98 Å². The van der Waals surface area contributed by atoms with E-state index in [9.17, 15) is 18.3 Å². The van der Waals surface area contributed by atoms with Gasteiger partial charge in [-0.05, 0) is 55.9 Å². The monoisotopic (exact) mass is 645 g/mol. The van der Waals surface area contributed by atoms with Crippen molar-refractivity contribution in [2.75, 3.05) is 49.1 Å². The fraction of sp³-hybridized carbons (Fsp3) is 0.333. The van der Waals surface area contributed by atoms with Gasteiger partial charge >= 0.3 is 6.36 Å². The fourth-order valence-corrected chi connectivity index (χ4v) is 5.23. The standard InChI is InChI=1S/C33H35F4N3O6/c1-40(2)15-14-32(41,22-17-27(43-4)39-28(18-22)44-5)29(24-8-7-9-26(42-3)30(24)34)25-16-21(19-38-31(25)45-6)20-10-12-23(13-11-20)46-33(35,36)37/h7-13,16-19,29,41H,14-15H2,1-6H3/t29-,32-/m0/s1. The second kappa shape index (κ2) is 14.2. The molecule has 0 radical (unpaired) electrons. The molecule has 9 nitrogen and oxygen atoms in total. The molecule has 4 rings (SSSR count). The van der Waals surface area contributed by atoms with Crippen molar-refractivity contribution in [1.82, 2.24) is 14.9 Å². The Morgan fingerprint density at radius 2 is 1.48 bits per heavy atom. The van der Waals surface area contributed by atoms with Crippen molar-refractivity contribution in [2.24, 2.45) is 0 Å². The molecule has 2 aromatic carbocycles. The summed E-state index contributed by atoms with van der Waals surface area (Å²) < 4.78 is 80.4. The topological polar surface area (TPSA) is 95.4 Å². The zero-order valence-electron chi connectivity index (χ0n) is 26.2. The van der Waals surface area contributed by atoms with Crippen LogP contribution < -0.4 is 23.7 Å². The number of aromatic nitrogens is 2. The van der Waals surface area contributed by atoms with Gasteiger partial charge in [-0.1, -0.05) is 24.3 Å². The van der Waals surface area contributed by atoms with Crippen molar-refractivity contribution in [3.05, 3.63) is 89.4 Å². The predicted molar refractivity (Wildman–Crippen MR) is 162 cm³/mol. The van der Waals surface area contributed by atoms with E-state index >= 15 is 4.39 Å². The molecule has 0 fully saturated rings. The number of hydrogen-bond donors (Lipinski definition) is 1. The summed E-state index contributed by atoms with van der Waals surface area (Å²) in [6, 6.07) is 14.6. The molecule has 13 heteroatoms. The van der Waals surface area contributed by atoms with Crippen LogP contribution in [0, 0.1) is 5.82 Å². The fourth-order valence-electron chi connectivity index (χ4n) is 5.23. The van der Waals surface area contributed by atoms with Crippen LogP contribution in [0.4, 0.5) is 17.6 Å². The first kappa shape index (κ1) is 34.3. The summed E-state index contributed by atoms with van der Waals surface area (Å²) in [5.74, 6) is -1.95. The quantitative estimate of drug-likeness (QED) is 0.171. The maximum absolute atomic E-state index is 16.3. The Labute approximate surface area is 264 Å². The molecule has 2 atom stereocenters. The zero-order chi connectivity index (χ0) is 33.6. The molecule has 0 saturated heterocycles. The molecule has 0 saturated carbocycles. The summed E-state index contributed by atoms with van der Waals surface area (Å²) in [5, 5.41) is 13.0. The first-order chi connectivity index (χ1) is 21.8. The number of nitrogens with zero attached hydrogens (tertiary/aromatic N) is 3. The summed E-state index contributed by atoms with van der Waals surface area (Å²) in [6.45, 7) is 0.363. The number of halogens is 4. The highest BCUT2D eigenvalue weighted by molar-refractivity contribution is 5.66. The Morgan fingerprint density at radius 3 is 2.02 bits per heavy atom. The lowest BCUT2D eigenvalue weighted by molar-refractivity contribution is -0.274. The van der Waals surface area contributed by atoms with Gasteiger partial charge in [0.2, 0.25) is 17.6 Å². The third-order valence-electron chi connectivity index (χ3n) is 7.44. The Balaban J connectivity index is 2.03. The van der Waals surface area contributed by atoms with Gasteiger partial charge in [0.05, 0.1) is 34.4 Å². The van der Waals surface area contributed by atoms with E-state index in [4.69, 9.17) is 18.9 Å². The van der Waals surface area contributed by atoms with Gasteiger partial charge in [0.1, 0.15) is 11.4 Å². The number of alkyl halides is 3. The largest absolute Gasteiger partial charge is 0.573 e. The highest BCUT2D eigenvalue weighted by atomic mass is 19.4. The maximum Gasteiger partial charge on any atom is 0.573 e. The van der Waals surface area contributed by atoms with Gasteiger partial charge in [-0.25, -0.2) is 9.37 Å². The second-order valence-corrected chi connectivity index (χ2v) is 10.6. The van der Waals surface area contributed by atoms with E-state index < -0.39 is 29.4 Å². The highest BCUT2D eigenvalue weighted by Crippen LogP contribution is 2.49. The van der Waals surface area contributed by atoms with Crippen LogP contribution in [0.25, 0.3) is 11.1 Å². The third-order valence-corrected chi connectivity index (χ3v) is 7.44. The lowest BCUT2D eigenvalue weighted by atomic mass is 9.71. The molecule has 2 heterocycles. The molecule has 0 unspecified atom stereocenters. The summed E-state index contributed by atoms with van der Waals surface area (Å²) >= 11 is 0. The molecule has 0 bridgehead atoms. The smallest absolute Gasteiger partial charge is 0.494 e. The van der Waals surface area contributed by atoms with Crippen LogP contribution in [0.5, 0.6) is 29.1 Å². The number of methoxy groups -OCH3 is 4. The van der Waals surface area contributed by atoms with E-state index in [0.29, 0.717) is 28.8 Å².